The Morgan fingerprint density at radius 2 is 1.50 bits per heavy atom. The Balaban J connectivity index is 1.79. The topological polar surface area (TPSA) is 64.6 Å². The van der Waals surface area contributed by atoms with E-state index < -0.39 is 7.60 Å². The summed E-state index contributed by atoms with van der Waals surface area (Å²) < 4.78 is 23.5. The van der Waals surface area contributed by atoms with Crippen LogP contribution >= 0.6 is 7.60 Å². The predicted octanol–water partition coefficient (Wildman–Crippen LogP) is 5.69. The number of fused-ring (bicyclic) bond motifs is 2. The monoisotopic (exact) mass is 395 g/mol. The van der Waals surface area contributed by atoms with Crippen LogP contribution in [0.4, 0.5) is 5.69 Å². The summed E-state index contributed by atoms with van der Waals surface area (Å²) in [7, 11) is -3.22. The Morgan fingerprint density at radius 3 is 2.21 bits per heavy atom. The average Bonchev–Trinajstić information content (AvgIpc) is 2.71. The zero-order valence-corrected chi connectivity index (χ0v) is 16.8. The standard InChI is InChI=1S/C22H22NO4P/c1-3-26-28(25,27-4-2)14-23-20-13-12-16-15-8-5-6-9-17(15)22(24)19-11-7-10-18(20)21(16)19/h5-13,23H,3-4,14H2,1-2H3. The molecule has 5 nitrogen and oxygen atoms in total. The zero-order valence-electron chi connectivity index (χ0n) is 15.9. The van der Waals surface area contributed by atoms with Crippen molar-refractivity contribution in [3.8, 4) is 11.1 Å². The fourth-order valence-electron chi connectivity index (χ4n) is 3.74. The second kappa shape index (κ2) is 7.51. The maximum Gasteiger partial charge on any atom is 0.349 e. The third kappa shape index (κ3) is 3.16. The molecule has 0 radical (unpaired) electrons. The third-order valence-corrected chi connectivity index (χ3v) is 6.71. The van der Waals surface area contributed by atoms with Gasteiger partial charge >= 0.3 is 7.60 Å². The first-order valence-corrected chi connectivity index (χ1v) is 11.1. The van der Waals surface area contributed by atoms with Crippen molar-refractivity contribution in [1.29, 1.82) is 0 Å². The van der Waals surface area contributed by atoms with Gasteiger partial charge in [-0.25, -0.2) is 0 Å². The molecule has 1 aliphatic rings. The summed E-state index contributed by atoms with van der Waals surface area (Å²) in [5.74, 6) is 0.0279. The van der Waals surface area contributed by atoms with Crippen molar-refractivity contribution in [3.05, 3.63) is 65.7 Å². The molecule has 0 fully saturated rings. The molecule has 3 aromatic carbocycles. The molecule has 3 aromatic rings. The van der Waals surface area contributed by atoms with Gasteiger partial charge in [0, 0.05) is 27.6 Å². The Kier molecular flexibility index (Phi) is 5.07. The molecule has 4 rings (SSSR count). The van der Waals surface area contributed by atoms with E-state index in [2.05, 4.69) is 5.32 Å². The Bertz CT molecular complexity index is 1100. The molecule has 0 amide bonds. The number of hydrogen-bond acceptors (Lipinski definition) is 5. The largest absolute Gasteiger partial charge is 0.374 e. The van der Waals surface area contributed by atoms with Crippen molar-refractivity contribution in [2.45, 2.75) is 13.8 Å². The number of benzene rings is 3. The number of ketones is 1. The van der Waals surface area contributed by atoms with E-state index in [0.29, 0.717) is 18.8 Å². The first-order valence-electron chi connectivity index (χ1n) is 9.40. The summed E-state index contributed by atoms with van der Waals surface area (Å²) in [5.41, 5.74) is 4.18. The molecule has 0 heterocycles. The first kappa shape index (κ1) is 18.9. The van der Waals surface area contributed by atoms with Crippen molar-refractivity contribution in [3.63, 3.8) is 0 Å². The normalized spacial score (nSPS) is 12.9. The number of carbonyl (C=O) groups excluding carboxylic acids is 1. The second-order valence-electron chi connectivity index (χ2n) is 6.54. The summed E-state index contributed by atoms with van der Waals surface area (Å²) in [6, 6.07) is 17.3. The highest BCUT2D eigenvalue weighted by molar-refractivity contribution is 7.53. The molecule has 0 spiro atoms. The van der Waals surface area contributed by atoms with Crippen LogP contribution in [0.15, 0.2) is 54.6 Å². The number of nitrogens with one attached hydrogen (secondary N) is 1. The lowest BCUT2D eigenvalue weighted by molar-refractivity contribution is 0.104. The molecular weight excluding hydrogens is 373 g/mol. The van der Waals surface area contributed by atoms with Gasteiger partial charge < -0.3 is 14.4 Å². The van der Waals surface area contributed by atoms with Crippen LogP contribution in [0, 0.1) is 0 Å². The lowest BCUT2D eigenvalue weighted by Gasteiger charge is -2.23. The molecule has 1 aliphatic carbocycles. The molecule has 28 heavy (non-hydrogen) atoms. The molecule has 0 aliphatic heterocycles. The summed E-state index contributed by atoms with van der Waals surface area (Å²) in [4.78, 5) is 13.0. The maximum atomic E-state index is 13.0. The van der Waals surface area contributed by atoms with E-state index in [1.54, 1.807) is 13.8 Å². The Morgan fingerprint density at radius 1 is 0.821 bits per heavy atom. The van der Waals surface area contributed by atoms with Crippen LogP contribution in [0.1, 0.15) is 29.8 Å². The third-order valence-electron chi connectivity index (χ3n) is 4.86. The summed E-state index contributed by atoms with van der Waals surface area (Å²) in [6.07, 6.45) is 0.0673. The molecule has 0 saturated heterocycles. The van der Waals surface area contributed by atoms with E-state index in [-0.39, 0.29) is 12.1 Å². The Hall–Kier alpha value is -2.46. The van der Waals surface area contributed by atoms with Crippen LogP contribution < -0.4 is 5.32 Å². The van der Waals surface area contributed by atoms with Crippen LogP contribution in [-0.2, 0) is 13.6 Å². The molecule has 0 unspecified atom stereocenters. The van der Waals surface area contributed by atoms with E-state index in [1.165, 1.54) is 0 Å². The van der Waals surface area contributed by atoms with Crippen molar-refractivity contribution >= 4 is 29.8 Å². The summed E-state index contributed by atoms with van der Waals surface area (Å²) >= 11 is 0. The molecule has 6 heteroatoms. The van der Waals surface area contributed by atoms with Gasteiger partial charge in [-0.2, -0.15) is 0 Å². The highest BCUT2D eigenvalue weighted by Gasteiger charge is 2.27. The van der Waals surface area contributed by atoms with Crippen molar-refractivity contribution in [1.82, 2.24) is 0 Å². The van der Waals surface area contributed by atoms with Gasteiger partial charge in [-0.15, -0.1) is 0 Å². The molecule has 1 N–H and O–H groups in total. The molecule has 0 bridgehead atoms. The van der Waals surface area contributed by atoms with Crippen molar-refractivity contribution in [2.24, 2.45) is 0 Å². The summed E-state index contributed by atoms with van der Waals surface area (Å²) in [5, 5.41) is 5.04. The molecule has 0 saturated carbocycles. The van der Waals surface area contributed by atoms with Crippen molar-refractivity contribution < 1.29 is 18.4 Å². The quantitative estimate of drug-likeness (QED) is 0.408. The van der Waals surface area contributed by atoms with Gasteiger partial charge in [0.15, 0.2) is 5.78 Å². The van der Waals surface area contributed by atoms with Gasteiger partial charge in [-0.3, -0.25) is 9.36 Å². The van der Waals surface area contributed by atoms with Gasteiger partial charge in [0.1, 0.15) is 6.29 Å². The predicted molar refractivity (Wildman–Crippen MR) is 112 cm³/mol. The van der Waals surface area contributed by atoms with Crippen LogP contribution in [0.3, 0.4) is 0 Å². The van der Waals surface area contributed by atoms with E-state index in [9.17, 15) is 9.36 Å². The molecule has 0 atom stereocenters. The van der Waals surface area contributed by atoms with E-state index in [4.69, 9.17) is 9.05 Å². The smallest absolute Gasteiger partial charge is 0.349 e. The highest BCUT2D eigenvalue weighted by Crippen LogP contribution is 2.48. The van der Waals surface area contributed by atoms with Gasteiger partial charge in [-0.05, 0) is 31.0 Å². The minimum Gasteiger partial charge on any atom is -0.374 e. The van der Waals surface area contributed by atoms with E-state index in [0.717, 1.165) is 33.2 Å². The average molecular weight is 395 g/mol. The van der Waals surface area contributed by atoms with E-state index >= 15 is 0 Å². The fourth-order valence-corrected chi connectivity index (χ4v) is 5.15. The first-order chi connectivity index (χ1) is 13.6. The lowest BCUT2D eigenvalue weighted by Crippen LogP contribution is -2.11. The van der Waals surface area contributed by atoms with Crippen LogP contribution in [0.5, 0.6) is 0 Å². The zero-order chi connectivity index (χ0) is 19.7. The van der Waals surface area contributed by atoms with Crippen LogP contribution in [0.25, 0.3) is 21.9 Å². The second-order valence-corrected chi connectivity index (χ2v) is 8.60. The highest BCUT2D eigenvalue weighted by atomic mass is 31.2. The Labute approximate surface area is 164 Å². The molecule has 144 valence electrons. The number of carbonyl (C=O) groups is 1. The molecular formula is C22H22NO4P. The SMILES string of the molecule is CCOP(=O)(CNc1ccc2c3c(cccc13)C(=O)c1ccccc1-2)OCC. The van der Waals surface area contributed by atoms with Gasteiger partial charge in [0.2, 0.25) is 0 Å². The minimum atomic E-state index is -3.22. The molecule has 0 aromatic heterocycles. The van der Waals surface area contributed by atoms with Crippen molar-refractivity contribution in [2.75, 3.05) is 24.8 Å². The number of rotatable bonds is 7. The van der Waals surface area contributed by atoms with Crippen LogP contribution in [0.2, 0.25) is 0 Å². The maximum absolute atomic E-state index is 13.0. The van der Waals surface area contributed by atoms with Gasteiger partial charge in [0.25, 0.3) is 0 Å². The lowest BCUT2D eigenvalue weighted by atomic mass is 9.82. The van der Waals surface area contributed by atoms with Crippen LogP contribution in [-0.4, -0.2) is 25.3 Å². The van der Waals surface area contributed by atoms with Gasteiger partial charge in [-0.1, -0.05) is 48.5 Å². The van der Waals surface area contributed by atoms with Gasteiger partial charge in [0.05, 0.1) is 13.2 Å². The summed E-state index contributed by atoms with van der Waals surface area (Å²) in [6.45, 7) is 4.20. The number of hydrogen-bond donors (Lipinski definition) is 1. The number of anilines is 1. The fraction of sp³-hybridized carbons (Fsp3) is 0.227. The minimum absolute atomic E-state index is 0.0279. The van der Waals surface area contributed by atoms with E-state index in [1.807, 2.05) is 54.6 Å².